The normalized spacial score (nSPS) is 12.2. The van der Waals surface area contributed by atoms with Gasteiger partial charge in [0.15, 0.2) is 0 Å². The van der Waals surface area contributed by atoms with E-state index in [4.69, 9.17) is 4.74 Å². The Morgan fingerprint density at radius 1 is 1.16 bits per heavy atom. The number of hydrogen-bond acceptors (Lipinski definition) is 4. The van der Waals surface area contributed by atoms with Crippen LogP contribution in [0.15, 0.2) is 41.4 Å². The average Bonchev–Trinajstić information content (AvgIpc) is 2.45. The van der Waals surface area contributed by atoms with Crippen LogP contribution in [0.5, 0.6) is 5.75 Å². The van der Waals surface area contributed by atoms with E-state index in [9.17, 15) is 0 Å². The smallest absolute Gasteiger partial charge is 0.137 e. The second-order valence-electron chi connectivity index (χ2n) is 4.09. The van der Waals surface area contributed by atoms with Gasteiger partial charge in [-0.15, -0.1) is 0 Å². The molecule has 0 bridgehead atoms. The number of nitrogens with zero attached hydrogens (tertiary/aromatic N) is 2. The van der Waals surface area contributed by atoms with Gasteiger partial charge in [-0.1, -0.05) is 6.92 Å². The summed E-state index contributed by atoms with van der Waals surface area (Å²) in [5.41, 5.74) is 2.15. The topological polar surface area (TPSA) is 47.0 Å². The van der Waals surface area contributed by atoms with Crippen LogP contribution in [-0.4, -0.2) is 23.6 Å². The first kappa shape index (κ1) is 14.0. The molecule has 0 aliphatic carbocycles. The van der Waals surface area contributed by atoms with Crippen LogP contribution < -0.4 is 10.1 Å². The molecule has 0 aromatic carbocycles. The quantitative estimate of drug-likeness (QED) is 0.919. The standard InChI is InChI=1S/C14H16BrN3O/c1-3-18-14(10-4-12(15)8-16-6-10)11-5-13(19-2)9-17-7-11/h4-9,14,18H,3H2,1-2H3. The van der Waals surface area contributed by atoms with Crippen LogP contribution >= 0.6 is 15.9 Å². The van der Waals surface area contributed by atoms with Crippen LogP contribution in [0.3, 0.4) is 0 Å². The monoisotopic (exact) mass is 321 g/mol. The third-order valence-electron chi connectivity index (χ3n) is 2.77. The van der Waals surface area contributed by atoms with Gasteiger partial charge in [0.2, 0.25) is 0 Å². The lowest BCUT2D eigenvalue weighted by molar-refractivity contribution is 0.411. The van der Waals surface area contributed by atoms with Crippen molar-refractivity contribution in [3.63, 3.8) is 0 Å². The summed E-state index contributed by atoms with van der Waals surface area (Å²) < 4.78 is 6.19. The maximum atomic E-state index is 5.23. The van der Waals surface area contributed by atoms with E-state index in [1.54, 1.807) is 19.5 Å². The van der Waals surface area contributed by atoms with Gasteiger partial charge in [0.25, 0.3) is 0 Å². The second-order valence-corrected chi connectivity index (χ2v) is 5.00. The minimum atomic E-state index is 0.0533. The summed E-state index contributed by atoms with van der Waals surface area (Å²) in [6.07, 6.45) is 7.18. The molecule has 0 saturated heterocycles. The highest BCUT2D eigenvalue weighted by atomic mass is 79.9. The lowest BCUT2D eigenvalue weighted by atomic mass is 10.0. The molecule has 0 aliphatic rings. The SMILES string of the molecule is CCNC(c1cncc(Br)c1)c1cncc(OC)c1. The molecule has 2 aromatic heterocycles. The summed E-state index contributed by atoms with van der Waals surface area (Å²) in [5.74, 6) is 0.753. The van der Waals surface area contributed by atoms with Crippen LogP contribution in [0.25, 0.3) is 0 Å². The summed E-state index contributed by atoms with van der Waals surface area (Å²) in [4.78, 5) is 8.43. The summed E-state index contributed by atoms with van der Waals surface area (Å²) in [6.45, 7) is 2.93. The van der Waals surface area contributed by atoms with Crippen molar-refractivity contribution in [2.45, 2.75) is 13.0 Å². The molecule has 19 heavy (non-hydrogen) atoms. The van der Waals surface area contributed by atoms with Gasteiger partial charge in [-0.05, 0) is 45.7 Å². The van der Waals surface area contributed by atoms with Crippen LogP contribution in [-0.2, 0) is 0 Å². The molecule has 5 heteroatoms. The van der Waals surface area contributed by atoms with E-state index in [2.05, 4.69) is 44.2 Å². The van der Waals surface area contributed by atoms with Crippen molar-refractivity contribution in [3.8, 4) is 5.75 Å². The van der Waals surface area contributed by atoms with E-state index >= 15 is 0 Å². The summed E-state index contributed by atoms with van der Waals surface area (Å²) >= 11 is 3.45. The van der Waals surface area contributed by atoms with Crippen LogP contribution in [0, 0.1) is 0 Å². The Bertz CT molecular complexity index is 548. The molecule has 1 atom stereocenters. The Hall–Kier alpha value is -1.46. The molecular formula is C14H16BrN3O. The Morgan fingerprint density at radius 2 is 1.84 bits per heavy atom. The maximum absolute atomic E-state index is 5.23. The van der Waals surface area contributed by atoms with Crippen molar-refractivity contribution in [2.24, 2.45) is 0 Å². The van der Waals surface area contributed by atoms with Gasteiger partial charge < -0.3 is 10.1 Å². The van der Waals surface area contributed by atoms with Gasteiger partial charge in [0.05, 0.1) is 19.3 Å². The molecular weight excluding hydrogens is 306 g/mol. The predicted octanol–water partition coefficient (Wildman–Crippen LogP) is 2.95. The van der Waals surface area contributed by atoms with E-state index < -0.39 is 0 Å². The fraction of sp³-hybridized carbons (Fsp3) is 0.286. The molecule has 0 amide bonds. The summed E-state index contributed by atoms with van der Waals surface area (Å²) in [7, 11) is 1.64. The lowest BCUT2D eigenvalue weighted by Crippen LogP contribution is -2.22. The number of pyridine rings is 2. The van der Waals surface area contributed by atoms with E-state index in [0.717, 1.165) is 27.9 Å². The second kappa shape index (κ2) is 6.63. The molecule has 4 nitrogen and oxygen atoms in total. The third kappa shape index (κ3) is 3.52. The highest BCUT2D eigenvalue weighted by molar-refractivity contribution is 9.10. The molecule has 0 fully saturated rings. The van der Waals surface area contributed by atoms with Crippen molar-refractivity contribution in [1.29, 1.82) is 0 Å². The Balaban J connectivity index is 2.38. The Morgan fingerprint density at radius 3 is 2.47 bits per heavy atom. The molecule has 2 heterocycles. The number of methoxy groups -OCH3 is 1. The van der Waals surface area contributed by atoms with Gasteiger partial charge in [-0.3, -0.25) is 9.97 Å². The largest absolute Gasteiger partial charge is 0.495 e. The lowest BCUT2D eigenvalue weighted by Gasteiger charge is -2.19. The Labute approximate surface area is 121 Å². The molecule has 1 unspecified atom stereocenters. The van der Waals surface area contributed by atoms with Crippen molar-refractivity contribution < 1.29 is 4.74 Å². The van der Waals surface area contributed by atoms with Gasteiger partial charge in [-0.25, -0.2) is 0 Å². The number of nitrogens with one attached hydrogen (secondary N) is 1. The molecule has 2 rings (SSSR count). The van der Waals surface area contributed by atoms with Crippen molar-refractivity contribution >= 4 is 15.9 Å². The van der Waals surface area contributed by atoms with Crippen molar-refractivity contribution in [3.05, 3.63) is 52.5 Å². The van der Waals surface area contributed by atoms with Crippen molar-refractivity contribution in [1.82, 2.24) is 15.3 Å². The van der Waals surface area contributed by atoms with E-state index in [0.29, 0.717) is 0 Å². The number of aromatic nitrogens is 2. The first-order valence-electron chi connectivity index (χ1n) is 6.07. The van der Waals surface area contributed by atoms with Crippen LogP contribution in [0.1, 0.15) is 24.1 Å². The first-order chi connectivity index (χ1) is 9.24. The zero-order chi connectivity index (χ0) is 13.7. The van der Waals surface area contributed by atoms with Gasteiger partial charge in [-0.2, -0.15) is 0 Å². The molecule has 0 radical (unpaired) electrons. The van der Waals surface area contributed by atoms with Gasteiger partial charge in [0.1, 0.15) is 5.75 Å². The summed E-state index contributed by atoms with van der Waals surface area (Å²) in [5, 5.41) is 3.44. The average molecular weight is 322 g/mol. The predicted molar refractivity (Wildman–Crippen MR) is 78.2 cm³/mol. The number of halogens is 1. The number of ether oxygens (including phenoxy) is 1. The molecule has 1 N–H and O–H groups in total. The fourth-order valence-corrected chi connectivity index (χ4v) is 2.31. The van der Waals surface area contributed by atoms with E-state index in [1.807, 2.05) is 18.5 Å². The number of hydrogen-bond donors (Lipinski definition) is 1. The van der Waals surface area contributed by atoms with Gasteiger partial charge in [0, 0.05) is 23.1 Å². The minimum Gasteiger partial charge on any atom is -0.495 e. The molecule has 2 aromatic rings. The van der Waals surface area contributed by atoms with E-state index in [-0.39, 0.29) is 6.04 Å². The number of rotatable bonds is 5. The minimum absolute atomic E-state index is 0.0533. The molecule has 0 spiro atoms. The molecule has 0 aliphatic heterocycles. The zero-order valence-electron chi connectivity index (χ0n) is 10.9. The fourth-order valence-electron chi connectivity index (χ4n) is 1.92. The molecule has 100 valence electrons. The van der Waals surface area contributed by atoms with E-state index in [1.165, 1.54) is 0 Å². The first-order valence-corrected chi connectivity index (χ1v) is 6.86. The van der Waals surface area contributed by atoms with Crippen LogP contribution in [0.4, 0.5) is 0 Å². The molecule has 0 saturated carbocycles. The van der Waals surface area contributed by atoms with Crippen LogP contribution in [0.2, 0.25) is 0 Å². The highest BCUT2D eigenvalue weighted by Gasteiger charge is 2.14. The van der Waals surface area contributed by atoms with Gasteiger partial charge >= 0.3 is 0 Å². The third-order valence-corrected chi connectivity index (χ3v) is 3.20. The Kier molecular flexibility index (Phi) is 4.87. The van der Waals surface area contributed by atoms with Crippen molar-refractivity contribution in [2.75, 3.05) is 13.7 Å². The maximum Gasteiger partial charge on any atom is 0.137 e. The highest BCUT2D eigenvalue weighted by Crippen LogP contribution is 2.25. The summed E-state index contributed by atoms with van der Waals surface area (Å²) in [6, 6.07) is 4.10. The zero-order valence-corrected chi connectivity index (χ0v) is 12.5.